The van der Waals surface area contributed by atoms with E-state index in [4.69, 9.17) is 5.11 Å². The van der Waals surface area contributed by atoms with E-state index >= 15 is 0 Å². The van der Waals surface area contributed by atoms with Gasteiger partial charge in [0, 0.05) is 38.1 Å². The average Bonchev–Trinajstić information content (AvgIpc) is 3.10. The number of nitrogens with zero attached hydrogens (tertiary/aromatic N) is 4. The molecular formula is C17H20N4O3. The minimum Gasteiger partial charge on any atom is -0.478 e. The van der Waals surface area contributed by atoms with Gasteiger partial charge in [-0.15, -0.1) is 0 Å². The van der Waals surface area contributed by atoms with E-state index in [0.29, 0.717) is 13.1 Å². The number of aryl methyl sites for hydroxylation is 1. The highest BCUT2D eigenvalue weighted by atomic mass is 16.4. The highest BCUT2D eigenvalue weighted by Gasteiger charge is 2.27. The van der Waals surface area contributed by atoms with Crippen LogP contribution in [0, 0.1) is 0 Å². The van der Waals surface area contributed by atoms with Crippen LogP contribution in [0.25, 0.3) is 0 Å². The SMILES string of the molecule is CCc1nccn1C1CCCN(C(=O)c2ccc(C(=O)O)cn2)C1. The molecule has 1 aliphatic heterocycles. The summed E-state index contributed by atoms with van der Waals surface area (Å²) in [6.45, 7) is 3.37. The smallest absolute Gasteiger partial charge is 0.337 e. The summed E-state index contributed by atoms with van der Waals surface area (Å²) in [6.07, 6.45) is 7.78. The Labute approximate surface area is 140 Å². The van der Waals surface area contributed by atoms with Crippen LogP contribution in [-0.2, 0) is 6.42 Å². The van der Waals surface area contributed by atoms with Crippen molar-refractivity contribution in [2.24, 2.45) is 0 Å². The zero-order valence-corrected chi connectivity index (χ0v) is 13.6. The number of rotatable bonds is 4. The summed E-state index contributed by atoms with van der Waals surface area (Å²) in [5.74, 6) is -0.181. The summed E-state index contributed by atoms with van der Waals surface area (Å²) in [4.78, 5) is 33.7. The van der Waals surface area contributed by atoms with Crippen LogP contribution in [0.2, 0.25) is 0 Å². The van der Waals surface area contributed by atoms with E-state index in [1.165, 1.54) is 18.3 Å². The molecule has 1 saturated heterocycles. The third-order valence-corrected chi connectivity index (χ3v) is 4.37. The number of carboxylic acids is 1. The molecule has 2 aromatic rings. The summed E-state index contributed by atoms with van der Waals surface area (Å²) < 4.78 is 2.15. The Morgan fingerprint density at radius 2 is 2.17 bits per heavy atom. The van der Waals surface area contributed by atoms with Crippen molar-refractivity contribution in [1.82, 2.24) is 19.4 Å². The number of likely N-dealkylation sites (tertiary alicyclic amines) is 1. The Hall–Kier alpha value is -2.70. The number of carbonyl (C=O) groups excluding carboxylic acids is 1. The number of hydrogen-bond donors (Lipinski definition) is 1. The molecular weight excluding hydrogens is 308 g/mol. The quantitative estimate of drug-likeness (QED) is 0.927. The molecule has 7 nitrogen and oxygen atoms in total. The maximum absolute atomic E-state index is 12.6. The zero-order chi connectivity index (χ0) is 17.1. The fourth-order valence-electron chi connectivity index (χ4n) is 3.13. The molecule has 0 aromatic carbocycles. The van der Waals surface area contributed by atoms with E-state index < -0.39 is 5.97 Å². The highest BCUT2D eigenvalue weighted by molar-refractivity contribution is 5.93. The fourth-order valence-corrected chi connectivity index (χ4v) is 3.13. The molecule has 0 bridgehead atoms. The lowest BCUT2D eigenvalue weighted by Crippen LogP contribution is -2.41. The van der Waals surface area contributed by atoms with Gasteiger partial charge in [0.1, 0.15) is 11.5 Å². The lowest BCUT2D eigenvalue weighted by atomic mass is 10.0. The van der Waals surface area contributed by atoms with E-state index in [2.05, 4.69) is 21.5 Å². The second-order valence-corrected chi connectivity index (χ2v) is 5.89. The van der Waals surface area contributed by atoms with Crippen LogP contribution in [0.15, 0.2) is 30.7 Å². The van der Waals surface area contributed by atoms with Crippen LogP contribution in [0.5, 0.6) is 0 Å². The van der Waals surface area contributed by atoms with Crippen molar-refractivity contribution in [3.63, 3.8) is 0 Å². The Bertz CT molecular complexity index is 739. The first-order chi connectivity index (χ1) is 11.6. The second kappa shape index (κ2) is 6.82. The minimum absolute atomic E-state index is 0.0778. The van der Waals surface area contributed by atoms with Crippen LogP contribution in [0.1, 0.15) is 52.5 Å². The van der Waals surface area contributed by atoms with E-state index in [9.17, 15) is 9.59 Å². The molecule has 1 N–H and O–H groups in total. The van der Waals surface area contributed by atoms with Crippen molar-refractivity contribution >= 4 is 11.9 Å². The van der Waals surface area contributed by atoms with Crippen molar-refractivity contribution in [3.05, 3.63) is 47.8 Å². The number of carbonyl (C=O) groups is 2. The third kappa shape index (κ3) is 3.15. The molecule has 1 fully saturated rings. The number of amides is 1. The first kappa shape index (κ1) is 16.2. The van der Waals surface area contributed by atoms with Crippen LogP contribution in [0.4, 0.5) is 0 Å². The predicted octanol–water partition coefficient (Wildman–Crippen LogP) is 2.02. The summed E-state index contributed by atoms with van der Waals surface area (Å²) in [5.41, 5.74) is 0.357. The Balaban J connectivity index is 1.74. The van der Waals surface area contributed by atoms with Crippen LogP contribution in [-0.4, -0.2) is 49.5 Å². The maximum Gasteiger partial charge on any atom is 0.337 e. The molecule has 0 radical (unpaired) electrons. The lowest BCUT2D eigenvalue weighted by molar-refractivity contribution is 0.0665. The van der Waals surface area contributed by atoms with Crippen LogP contribution >= 0.6 is 0 Å². The van der Waals surface area contributed by atoms with Gasteiger partial charge in [-0.1, -0.05) is 6.92 Å². The third-order valence-electron chi connectivity index (χ3n) is 4.37. The average molecular weight is 328 g/mol. The van der Waals surface area contributed by atoms with Crippen molar-refractivity contribution in [2.75, 3.05) is 13.1 Å². The van der Waals surface area contributed by atoms with E-state index in [1.807, 2.05) is 6.20 Å². The van der Waals surface area contributed by atoms with E-state index in [0.717, 1.165) is 25.1 Å². The molecule has 0 saturated carbocycles. The molecule has 126 valence electrons. The molecule has 0 spiro atoms. The number of pyridine rings is 1. The Morgan fingerprint density at radius 3 is 2.83 bits per heavy atom. The normalized spacial score (nSPS) is 17.7. The molecule has 1 aliphatic rings. The van der Waals surface area contributed by atoms with Gasteiger partial charge in [-0.05, 0) is 25.0 Å². The van der Waals surface area contributed by atoms with E-state index in [-0.39, 0.29) is 23.2 Å². The molecule has 3 rings (SSSR count). The van der Waals surface area contributed by atoms with Crippen LogP contribution < -0.4 is 0 Å². The lowest BCUT2D eigenvalue weighted by Gasteiger charge is -2.34. The Morgan fingerprint density at radius 1 is 1.33 bits per heavy atom. The first-order valence-corrected chi connectivity index (χ1v) is 8.10. The molecule has 7 heteroatoms. The summed E-state index contributed by atoms with van der Waals surface area (Å²) in [7, 11) is 0. The van der Waals surface area contributed by atoms with Gasteiger partial charge < -0.3 is 14.6 Å². The monoisotopic (exact) mass is 328 g/mol. The van der Waals surface area contributed by atoms with Gasteiger partial charge >= 0.3 is 5.97 Å². The zero-order valence-electron chi connectivity index (χ0n) is 13.6. The minimum atomic E-state index is -1.05. The topological polar surface area (TPSA) is 88.3 Å². The van der Waals surface area contributed by atoms with Crippen molar-refractivity contribution < 1.29 is 14.7 Å². The Kier molecular flexibility index (Phi) is 4.59. The largest absolute Gasteiger partial charge is 0.478 e. The van der Waals surface area contributed by atoms with Gasteiger partial charge in [-0.2, -0.15) is 0 Å². The summed E-state index contributed by atoms with van der Waals surface area (Å²) in [6, 6.07) is 3.11. The molecule has 1 amide bonds. The maximum atomic E-state index is 12.6. The van der Waals surface area contributed by atoms with Gasteiger partial charge in [-0.25, -0.2) is 9.78 Å². The van der Waals surface area contributed by atoms with Crippen molar-refractivity contribution in [3.8, 4) is 0 Å². The standard InChI is InChI=1S/C17H20N4O3/c1-2-15-18-7-9-21(15)13-4-3-8-20(11-13)16(22)14-6-5-12(10-19-14)17(23)24/h5-7,9-10,13H,2-4,8,11H2,1H3,(H,23,24). The number of carboxylic acid groups (broad SMARTS) is 1. The fraction of sp³-hybridized carbons (Fsp3) is 0.412. The van der Waals surface area contributed by atoms with E-state index in [1.54, 1.807) is 11.1 Å². The molecule has 1 atom stereocenters. The van der Waals surface area contributed by atoms with Gasteiger partial charge in [0.25, 0.3) is 5.91 Å². The predicted molar refractivity (Wildman–Crippen MR) is 87.0 cm³/mol. The number of imidazole rings is 1. The van der Waals surface area contributed by atoms with Gasteiger partial charge in [0.2, 0.25) is 0 Å². The number of hydrogen-bond acceptors (Lipinski definition) is 4. The van der Waals surface area contributed by atoms with Gasteiger partial charge in [-0.3, -0.25) is 9.78 Å². The van der Waals surface area contributed by atoms with Crippen molar-refractivity contribution in [2.45, 2.75) is 32.2 Å². The molecule has 24 heavy (non-hydrogen) atoms. The van der Waals surface area contributed by atoms with Crippen molar-refractivity contribution in [1.29, 1.82) is 0 Å². The van der Waals surface area contributed by atoms with Gasteiger partial charge in [0.15, 0.2) is 0 Å². The number of piperidine rings is 1. The molecule has 3 heterocycles. The van der Waals surface area contributed by atoms with Crippen LogP contribution in [0.3, 0.4) is 0 Å². The highest BCUT2D eigenvalue weighted by Crippen LogP contribution is 2.24. The number of aromatic nitrogens is 3. The molecule has 0 aliphatic carbocycles. The second-order valence-electron chi connectivity index (χ2n) is 5.89. The summed E-state index contributed by atoms with van der Waals surface area (Å²) in [5, 5.41) is 8.91. The molecule has 1 unspecified atom stereocenters. The summed E-state index contributed by atoms with van der Waals surface area (Å²) >= 11 is 0. The molecule has 2 aromatic heterocycles. The number of aromatic carboxylic acids is 1. The first-order valence-electron chi connectivity index (χ1n) is 8.10. The van der Waals surface area contributed by atoms with Gasteiger partial charge in [0.05, 0.1) is 11.6 Å².